The molecule has 0 radical (unpaired) electrons. The second-order valence-corrected chi connectivity index (χ2v) is 7.40. The maximum absolute atomic E-state index is 10.6. The Labute approximate surface area is 166 Å². The quantitative estimate of drug-likeness (QED) is 0.798. The van der Waals surface area contributed by atoms with Crippen LogP contribution >= 0.6 is 0 Å². The topological polar surface area (TPSA) is 68.2 Å². The predicted octanol–water partition coefficient (Wildman–Crippen LogP) is 3.18. The molecule has 5 heteroatoms. The number of benzene rings is 2. The van der Waals surface area contributed by atoms with Crippen LogP contribution in [0.1, 0.15) is 41.7 Å². The second kappa shape index (κ2) is 9.05. The molecule has 152 valence electrons. The van der Waals surface area contributed by atoms with Gasteiger partial charge in [0.2, 0.25) is 0 Å². The van der Waals surface area contributed by atoms with E-state index in [1.54, 1.807) is 7.11 Å². The summed E-state index contributed by atoms with van der Waals surface area (Å²) in [5.41, 5.74) is 4.38. The molecule has 0 aliphatic carbocycles. The second-order valence-electron chi connectivity index (χ2n) is 7.40. The minimum absolute atomic E-state index is 0.264. The first-order valence-electron chi connectivity index (χ1n) is 9.75. The molecule has 0 bridgehead atoms. The van der Waals surface area contributed by atoms with Crippen molar-refractivity contribution in [2.24, 2.45) is 0 Å². The lowest BCUT2D eigenvalue weighted by atomic mass is 9.88. The minimum atomic E-state index is -1.04. The molecule has 3 rings (SSSR count). The minimum Gasteiger partial charge on any atom is -0.497 e. The first-order chi connectivity index (χ1) is 13.5. The van der Waals surface area contributed by atoms with Crippen LogP contribution in [-0.4, -0.2) is 48.8 Å². The lowest BCUT2D eigenvalue weighted by molar-refractivity contribution is -0.232. The highest BCUT2D eigenvalue weighted by Gasteiger charge is 2.44. The Morgan fingerprint density at radius 1 is 1.00 bits per heavy atom. The molecule has 1 fully saturated rings. The Bertz CT molecular complexity index is 771. The van der Waals surface area contributed by atoms with Crippen molar-refractivity contribution < 1.29 is 24.4 Å². The number of aliphatic hydroxyl groups is 2. The average molecular weight is 386 g/mol. The first-order valence-corrected chi connectivity index (χ1v) is 9.75. The number of hydrogen-bond acceptors (Lipinski definition) is 5. The molecule has 0 saturated carbocycles. The predicted molar refractivity (Wildman–Crippen MR) is 108 cm³/mol. The van der Waals surface area contributed by atoms with E-state index in [2.05, 4.69) is 25.1 Å². The third-order valence-electron chi connectivity index (χ3n) is 5.61. The van der Waals surface area contributed by atoms with Crippen LogP contribution in [-0.2, 0) is 15.9 Å². The van der Waals surface area contributed by atoms with Gasteiger partial charge < -0.3 is 24.4 Å². The van der Waals surface area contributed by atoms with E-state index in [4.69, 9.17) is 14.2 Å². The van der Waals surface area contributed by atoms with Crippen LogP contribution in [0.15, 0.2) is 42.5 Å². The van der Waals surface area contributed by atoms with Gasteiger partial charge in [0.15, 0.2) is 0 Å². The average Bonchev–Trinajstić information content (AvgIpc) is 2.72. The Kier molecular flexibility index (Phi) is 6.73. The number of ether oxygens (including phenoxy) is 3. The number of hydrogen-bond donors (Lipinski definition) is 2. The fraction of sp³-hybridized carbons (Fsp3) is 0.478. The van der Waals surface area contributed by atoms with Gasteiger partial charge in [-0.15, -0.1) is 0 Å². The van der Waals surface area contributed by atoms with Gasteiger partial charge in [-0.1, -0.05) is 37.3 Å². The van der Waals surface area contributed by atoms with Gasteiger partial charge >= 0.3 is 0 Å². The van der Waals surface area contributed by atoms with E-state index >= 15 is 0 Å². The zero-order valence-corrected chi connectivity index (χ0v) is 17.0. The highest BCUT2D eigenvalue weighted by molar-refractivity contribution is 5.38. The van der Waals surface area contributed by atoms with Crippen LogP contribution < -0.4 is 4.74 Å². The highest BCUT2D eigenvalue weighted by atomic mass is 16.6. The van der Waals surface area contributed by atoms with E-state index in [0.717, 1.165) is 23.3 Å². The fourth-order valence-corrected chi connectivity index (χ4v) is 3.86. The maximum Gasteiger partial charge on any atom is 0.118 e. The summed E-state index contributed by atoms with van der Waals surface area (Å²) < 4.78 is 16.7. The Hall–Kier alpha value is -1.92. The molecule has 1 saturated heterocycles. The third-order valence-corrected chi connectivity index (χ3v) is 5.61. The summed E-state index contributed by atoms with van der Waals surface area (Å²) >= 11 is 0. The summed E-state index contributed by atoms with van der Waals surface area (Å²) in [4.78, 5) is 0. The number of aliphatic hydroxyl groups excluding tert-OH is 2. The van der Waals surface area contributed by atoms with Gasteiger partial charge in [-0.2, -0.15) is 0 Å². The molecule has 2 aromatic carbocycles. The van der Waals surface area contributed by atoms with Gasteiger partial charge in [0.05, 0.1) is 13.2 Å². The number of methoxy groups -OCH3 is 2. The normalized spacial score (nSPS) is 27.6. The van der Waals surface area contributed by atoms with Gasteiger partial charge in [-0.3, -0.25) is 0 Å². The summed E-state index contributed by atoms with van der Waals surface area (Å²) in [6.45, 7) is 4.06. The van der Waals surface area contributed by atoms with E-state index in [0.29, 0.717) is 6.42 Å². The lowest BCUT2D eigenvalue weighted by Gasteiger charge is -2.42. The Morgan fingerprint density at radius 2 is 1.71 bits per heavy atom. The van der Waals surface area contributed by atoms with Crippen molar-refractivity contribution in [2.75, 3.05) is 14.2 Å². The third kappa shape index (κ3) is 4.23. The summed E-state index contributed by atoms with van der Waals surface area (Å²) in [6.07, 6.45) is -1.93. The largest absolute Gasteiger partial charge is 0.497 e. The van der Waals surface area contributed by atoms with Crippen LogP contribution in [0, 0.1) is 6.92 Å². The van der Waals surface area contributed by atoms with E-state index < -0.39 is 24.4 Å². The van der Waals surface area contributed by atoms with Crippen LogP contribution in [0.4, 0.5) is 0 Å². The number of aryl methyl sites for hydroxylation is 1. The van der Waals surface area contributed by atoms with Crippen molar-refractivity contribution in [3.05, 3.63) is 64.7 Å². The zero-order valence-electron chi connectivity index (χ0n) is 17.0. The lowest BCUT2D eigenvalue weighted by Crippen LogP contribution is -2.54. The standard InChI is InChI=1S/C23H30O5/c1-5-19-23(27-4)21(25)20(24)22(28-19)16-9-6-14(2)17(13-16)12-15-7-10-18(26-3)11-8-15/h6-11,13,19-25H,5,12H2,1-4H3/t19-,20-,21-,22+,23-/m1/s1. The molecule has 0 amide bonds. The van der Waals surface area contributed by atoms with Crippen molar-refractivity contribution in [3.8, 4) is 5.75 Å². The van der Waals surface area contributed by atoms with E-state index in [1.807, 2.05) is 31.2 Å². The van der Waals surface area contributed by atoms with Crippen molar-refractivity contribution in [3.63, 3.8) is 0 Å². The van der Waals surface area contributed by atoms with Crippen LogP contribution in [0.2, 0.25) is 0 Å². The van der Waals surface area contributed by atoms with Gasteiger partial charge in [0.1, 0.15) is 30.2 Å². The van der Waals surface area contributed by atoms with Gasteiger partial charge in [-0.25, -0.2) is 0 Å². The number of rotatable bonds is 6. The molecule has 5 nitrogen and oxygen atoms in total. The van der Waals surface area contributed by atoms with Crippen molar-refractivity contribution in [1.29, 1.82) is 0 Å². The van der Waals surface area contributed by atoms with Crippen molar-refractivity contribution in [2.45, 2.75) is 57.2 Å². The van der Waals surface area contributed by atoms with Gasteiger partial charge in [-0.05, 0) is 54.2 Å². The molecular weight excluding hydrogens is 356 g/mol. The van der Waals surface area contributed by atoms with Gasteiger partial charge in [0.25, 0.3) is 0 Å². The molecule has 1 aliphatic heterocycles. The van der Waals surface area contributed by atoms with E-state index in [-0.39, 0.29) is 6.10 Å². The molecule has 5 atom stereocenters. The van der Waals surface area contributed by atoms with Crippen molar-refractivity contribution >= 4 is 0 Å². The molecule has 0 unspecified atom stereocenters. The molecule has 0 spiro atoms. The van der Waals surface area contributed by atoms with Crippen LogP contribution in [0.5, 0.6) is 5.75 Å². The van der Waals surface area contributed by atoms with Crippen LogP contribution in [0.25, 0.3) is 0 Å². The Balaban J connectivity index is 1.85. The first kappa shape index (κ1) is 20.8. The van der Waals surface area contributed by atoms with Crippen LogP contribution in [0.3, 0.4) is 0 Å². The summed E-state index contributed by atoms with van der Waals surface area (Å²) in [7, 11) is 3.19. The molecule has 2 N–H and O–H groups in total. The van der Waals surface area contributed by atoms with Gasteiger partial charge in [0, 0.05) is 7.11 Å². The maximum atomic E-state index is 10.6. The SMILES string of the molecule is CC[C@H]1O[C@@H](c2ccc(C)c(Cc3ccc(OC)cc3)c2)[C@H](O)[C@@H](O)[C@@H]1OC. The molecular formula is C23H30O5. The summed E-state index contributed by atoms with van der Waals surface area (Å²) in [5, 5.41) is 21.2. The van der Waals surface area contributed by atoms with Crippen molar-refractivity contribution in [1.82, 2.24) is 0 Å². The highest BCUT2D eigenvalue weighted by Crippen LogP contribution is 2.35. The molecule has 1 aliphatic rings. The van der Waals surface area contributed by atoms with E-state index in [9.17, 15) is 10.2 Å². The Morgan fingerprint density at radius 3 is 2.32 bits per heavy atom. The summed E-state index contributed by atoms with van der Waals surface area (Å²) in [5.74, 6) is 0.834. The zero-order chi connectivity index (χ0) is 20.3. The molecule has 1 heterocycles. The fourth-order valence-electron chi connectivity index (χ4n) is 3.86. The smallest absolute Gasteiger partial charge is 0.118 e. The molecule has 2 aromatic rings. The molecule has 28 heavy (non-hydrogen) atoms. The monoisotopic (exact) mass is 386 g/mol. The summed E-state index contributed by atoms with van der Waals surface area (Å²) in [6, 6.07) is 14.1. The molecule has 0 aromatic heterocycles. The van der Waals surface area contributed by atoms with E-state index in [1.165, 1.54) is 18.2 Å².